The smallest absolute Gasteiger partial charge is 0.244 e. The van der Waals surface area contributed by atoms with Gasteiger partial charge in [-0.15, -0.1) is 0 Å². The highest BCUT2D eigenvalue weighted by Gasteiger charge is 2.59. The van der Waals surface area contributed by atoms with E-state index in [1.165, 1.54) is 12.1 Å². The molecule has 21 heavy (non-hydrogen) atoms. The summed E-state index contributed by atoms with van der Waals surface area (Å²) in [6, 6.07) is 6.59. The van der Waals surface area contributed by atoms with Crippen molar-refractivity contribution < 1.29 is 9.18 Å². The van der Waals surface area contributed by atoms with Crippen molar-refractivity contribution in [3.63, 3.8) is 0 Å². The molecule has 1 spiro atoms. The zero-order chi connectivity index (χ0) is 15.0. The maximum Gasteiger partial charge on any atom is 0.244 e. The molecule has 1 atom stereocenters. The molecule has 3 nitrogen and oxygen atoms in total. The summed E-state index contributed by atoms with van der Waals surface area (Å²) in [5.41, 5.74) is 0.487. The molecule has 1 aliphatic carbocycles. The Hall–Kier alpha value is -1.42. The van der Waals surface area contributed by atoms with Gasteiger partial charge >= 0.3 is 0 Å². The molecule has 114 valence electrons. The van der Waals surface area contributed by atoms with Gasteiger partial charge in [0, 0.05) is 6.54 Å². The van der Waals surface area contributed by atoms with Crippen LogP contribution in [0.3, 0.4) is 0 Å². The molecule has 1 heterocycles. The third-order valence-electron chi connectivity index (χ3n) is 4.92. The third kappa shape index (κ3) is 2.57. The second kappa shape index (κ2) is 5.41. The van der Waals surface area contributed by atoms with Crippen molar-refractivity contribution in [3.8, 4) is 0 Å². The summed E-state index contributed by atoms with van der Waals surface area (Å²) in [7, 11) is 0. The van der Waals surface area contributed by atoms with Crippen molar-refractivity contribution in [1.29, 1.82) is 0 Å². The van der Waals surface area contributed by atoms with E-state index in [9.17, 15) is 9.18 Å². The molecule has 3 rings (SSSR count). The second-order valence-electron chi connectivity index (χ2n) is 6.32. The molecular weight excluding hydrogens is 267 g/mol. The van der Waals surface area contributed by atoms with Crippen LogP contribution < -0.4 is 5.32 Å². The first-order valence-electron chi connectivity index (χ1n) is 7.94. The quantitative estimate of drug-likeness (QED) is 0.903. The molecule has 1 aromatic carbocycles. The van der Waals surface area contributed by atoms with E-state index in [-0.39, 0.29) is 23.4 Å². The molecule has 2 aliphatic rings. The zero-order valence-electron chi connectivity index (χ0n) is 12.7. The maximum atomic E-state index is 13.5. The number of halogens is 1. The van der Waals surface area contributed by atoms with E-state index in [0.29, 0.717) is 5.92 Å². The maximum absolute atomic E-state index is 13.5. The lowest BCUT2D eigenvalue weighted by molar-refractivity contribution is -0.131. The molecule has 1 saturated heterocycles. The molecule has 2 fully saturated rings. The fourth-order valence-corrected chi connectivity index (χ4v) is 3.23. The van der Waals surface area contributed by atoms with E-state index in [4.69, 9.17) is 0 Å². The van der Waals surface area contributed by atoms with Crippen LogP contribution in [0.2, 0.25) is 0 Å². The van der Waals surface area contributed by atoms with E-state index >= 15 is 0 Å². The molecule has 1 N–H and O–H groups in total. The van der Waals surface area contributed by atoms with Gasteiger partial charge in [0.25, 0.3) is 0 Å². The molecule has 1 unspecified atom stereocenters. The number of benzene rings is 1. The summed E-state index contributed by atoms with van der Waals surface area (Å²) in [6.07, 6.45) is 3.73. The van der Waals surface area contributed by atoms with Crippen molar-refractivity contribution in [2.24, 2.45) is 5.92 Å². The minimum Gasteiger partial charge on any atom is -0.321 e. The van der Waals surface area contributed by atoms with Gasteiger partial charge in [0.15, 0.2) is 0 Å². The first-order chi connectivity index (χ1) is 10.1. The van der Waals surface area contributed by atoms with Gasteiger partial charge < -0.3 is 4.90 Å². The molecular formula is C17H23FN2O. The average molecular weight is 290 g/mol. The van der Waals surface area contributed by atoms with Crippen LogP contribution in [0.25, 0.3) is 0 Å². The molecule has 1 aliphatic heterocycles. The lowest BCUT2D eigenvalue weighted by Gasteiger charge is -2.28. The number of hydrogen-bond donors (Lipinski definition) is 1. The number of amides is 1. The Balaban J connectivity index is 1.88. The average Bonchev–Trinajstić information content (AvgIpc) is 3.21. The highest BCUT2D eigenvalue weighted by Crippen LogP contribution is 2.46. The van der Waals surface area contributed by atoms with Crippen LogP contribution in [0.5, 0.6) is 0 Å². The molecule has 0 radical (unpaired) electrons. The standard InChI is InChI=1S/C17H23FN2O/c1-3-12(4-2)11-20-15(13-6-5-7-14(18)10-13)19-17(8-9-17)16(20)21/h5-7,10,12,15,19H,3-4,8-9,11H2,1-2H3. The topological polar surface area (TPSA) is 32.3 Å². The monoisotopic (exact) mass is 290 g/mol. The number of rotatable bonds is 5. The third-order valence-corrected chi connectivity index (χ3v) is 4.92. The van der Waals surface area contributed by atoms with Crippen molar-refractivity contribution in [1.82, 2.24) is 10.2 Å². The second-order valence-corrected chi connectivity index (χ2v) is 6.32. The van der Waals surface area contributed by atoms with Gasteiger partial charge in [-0.25, -0.2) is 4.39 Å². The normalized spacial score (nSPS) is 23.3. The predicted molar refractivity (Wildman–Crippen MR) is 80.0 cm³/mol. The van der Waals surface area contributed by atoms with Crippen molar-refractivity contribution >= 4 is 5.91 Å². The minimum absolute atomic E-state index is 0.184. The SMILES string of the molecule is CCC(CC)CN1C(=O)C2(CC2)NC1c1cccc(F)c1. The molecule has 1 aromatic rings. The van der Waals surface area contributed by atoms with Crippen molar-refractivity contribution in [3.05, 3.63) is 35.6 Å². The summed E-state index contributed by atoms with van der Waals surface area (Å²) < 4.78 is 13.5. The summed E-state index contributed by atoms with van der Waals surface area (Å²) in [5.74, 6) is 0.449. The fraction of sp³-hybridized carbons (Fsp3) is 0.588. The number of carbonyl (C=O) groups excluding carboxylic acids is 1. The summed E-state index contributed by atoms with van der Waals surface area (Å²) in [6.45, 7) is 5.07. The highest BCUT2D eigenvalue weighted by atomic mass is 19.1. The lowest BCUT2D eigenvalue weighted by atomic mass is 10.0. The molecule has 0 aromatic heterocycles. The van der Waals surface area contributed by atoms with E-state index in [2.05, 4.69) is 19.2 Å². The van der Waals surface area contributed by atoms with Crippen LogP contribution in [-0.4, -0.2) is 22.9 Å². The Morgan fingerprint density at radius 1 is 1.38 bits per heavy atom. The van der Waals surface area contributed by atoms with E-state index in [1.807, 2.05) is 11.0 Å². The van der Waals surface area contributed by atoms with Gasteiger partial charge in [0.05, 0.1) is 0 Å². The molecule has 4 heteroatoms. The number of nitrogens with one attached hydrogen (secondary N) is 1. The van der Waals surface area contributed by atoms with Gasteiger partial charge in [-0.1, -0.05) is 38.8 Å². The van der Waals surface area contributed by atoms with Gasteiger partial charge in [0.1, 0.15) is 17.5 Å². The van der Waals surface area contributed by atoms with Crippen LogP contribution in [0.4, 0.5) is 4.39 Å². The van der Waals surface area contributed by atoms with E-state index in [0.717, 1.165) is 37.8 Å². The summed E-state index contributed by atoms with van der Waals surface area (Å²) >= 11 is 0. The van der Waals surface area contributed by atoms with E-state index in [1.54, 1.807) is 6.07 Å². The van der Waals surface area contributed by atoms with Crippen LogP contribution in [0.15, 0.2) is 24.3 Å². The Labute approximate surface area is 125 Å². The zero-order valence-corrected chi connectivity index (χ0v) is 12.7. The summed E-state index contributed by atoms with van der Waals surface area (Å²) in [4.78, 5) is 14.6. The predicted octanol–water partition coefficient (Wildman–Crippen LogP) is 3.22. The van der Waals surface area contributed by atoms with Crippen molar-refractivity contribution in [2.75, 3.05) is 6.54 Å². The fourth-order valence-electron chi connectivity index (χ4n) is 3.23. The van der Waals surface area contributed by atoms with E-state index < -0.39 is 0 Å². The largest absolute Gasteiger partial charge is 0.321 e. The minimum atomic E-state index is -0.358. The van der Waals surface area contributed by atoms with Gasteiger partial charge in [-0.2, -0.15) is 0 Å². The number of hydrogen-bond acceptors (Lipinski definition) is 2. The van der Waals surface area contributed by atoms with Crippen LogP contribution in [0.1, 0.15) is 51.3 Å². The number of nitrogens with zero attached hydrogens (tertiary/aromatic N) is 1. The van der Waals surface area contributed by atoms with Gasteiger partial charge in [-0.05, 0) is 36.5 Å². The molecule has 0 bridgehead atoms. The van der Waals surface area contributed by atoms with Crippen LogP contribution in [-0.2, 0) is 4.79 Å². The first kappa shape index (κ1) is 14.5. The molecule has 1 amide bonds. The van der Waals surface area contributed by atoms with Gasteiger partial charge in [0.2, 0.25) is 5.91 Å². The Morgan fingerprint density at radius 2 is 2.10 bits per heavy atom. The Morgan fingerprint density at radius 3 is 2.67 bits per heavy atom. The van der Waals surface area contributed by atoms with Crippen molar-refractivity contribution in [2.45, 2.75) is 51.2 Å². The highest BCUT2D eigenvalue weighted by molar-refractivity contribution is 5.92. The molecule has 1 saturated carbocycles. The lowest BCUT2D eigenvalue weighted by Crippen LogP contribution is -2.35. The number of carbonyl (C=O) groups is 1. The van der Waals surface area contributed by atoms with Crippen LogP contribution >= 0.6 is 0 Å². The summed E-state index contributed by atoms with van der Waals surface area (Å²) in [5, 5.41) is 3.45. The Bertz CT molecular complexity index is 537. The first-order valence-corrected chi connectivity index (χ1v) is 7.94. The van der Waals surface area contributed by atoms with Crippen LogP contribution in [0, 0.1) is 11.7 Å². The van der Waals surface area contributed by atoms with Gasteiger partial charge in [-0.3, -0.25) is 10.1 Å². The Kier molecular flexibility index (Phi) is 3.74.